The van der Waals surface area contributed by atoms with E-state index in [1.54, 1.807) is 12.1 Å². The molecule has 0 amide bonds. The molecule has 4 heteroatoms. The van der Waals surface area contributed by atoms with Crippen molar-refractivity contribution in [2.24, 2.45) is 0 Å². The van der Waals surface area contributed by atoms with Crippen LogP contribution in [0.4, 0.5) is 0 Å². The molecule has 0 spiro atoms. The van der Waals surface area contributed by atoms with Crippen LogP contribution >= 0.6 is 0 Å². The summed E-state index contributed by atoms with van der Waals surface area (Å²) in [5, 5.41) is 0. The number of carbonyl (C=O) groups is 2. The van der Waals surface area contributed by atoms with E-state index in [9.17, 15) is 9.59 Å². The van der Waals surface area contributed by atoms with Gasteiger partial charge >= 0.3 is 0 Å². The van der Waals surface area contributed by atoms with Gasteiger partial charge in [0.15, 0.2) is 11.6 Å². The van der Waals surface area contributed by atoms with Gasteiger partial charge in [0.1, 0.15) is 12.5 Å². The van der Waals surface area contributed by atoms with Gasteiger partial charge in [0, 0.05) is 12.8 Å². The summed E-state index contributed by atoms with van der Waals surface area (Å²) in [5.74, 6) is -0.184. The molecule has 82 valence electrons. The molecule has 0 aromatic carbocycles. The molecule has 0 saturated carbocycles. The minimum Gasteiger partial charge on any atom is -0.472 e. The first-order valence-electron chi connectivity index (χ1n) is 4.88. The molecule has 0 saturated heterocycles. The van der Waals surface area contributed by atoms with Crippen LogP contribution in [0.1, 0.15) is 33.6 Å². The Morgan fingerprint density at radius 1 is 0.875 bits per heavy atom. The highest BCUT2D eigenvalue weighted by Crippen LogP contribution is 2.10. The van der Waals surface area contributed by atoms with Gasteiger partial charge in [-0.15, -0.1) is 0 Å². The second-order valence-electron chi connectivity index (χ2n) is 3.37. The predicted molar refractivity (Wildman–Crippen MR) is 55.3 cm³/mol. The average molecular weight is 218 g/mol. The number of carbonyl (C=O) groups excluding carboxylic acids is 2. The molecule has 0 aliphatic rings. The summed E-state index contributed by atoms with van der Waals surface area (Å²) in [6.45, 7) is 0. The molecule has 0 fully saturated rings. The zero-order valence-electron chi connectivity index (χ0n) is 8.51. The lowest BCUT2D eigenvalue weighted by atomic mass is 10.1. The second-order valence-corrected chi connectivity index (χ2v) is 3.37. The molecule has 0 bridgehead atoms. The van der Waals surface area contributed by atoms with Crippen molar-refractivity contribution in [3.63, 3.8) is 0 Å². The molecule has 4 nitrogen and oxygen atoms in total. The Bertz CT molecular complexity index is 419. The van der Waals surface area contributed by atoms with Crippen molar-refractivity contribution in [1.29, 1.82) is 0 Å². The van der Waals surface area contributed by atoms with Crippen LogP contribution < -0.4 is 0 Å². The topological polar surface area (TPSA) is 60.4 Å². The van der Waals surface area contributed by atoms with E-state index in [4.69, 9.17) is 8.83 Å². The van der Waals surface area contributed by atoms with Crippen LogP contribution in [-0.4, -0.2) is 11.6 Å². The van der Waals surface area contributed by atoms with E-state index in [0.29, 0.717) is 11.1 Å². The number of furan rings is 2. The van der Waals surface area contributed by atoms with Crippen molar-refractivity contribution in [3.8, 4) is 0 Å². The predicted octanol–water partition coefficient (Wildman–Crippen LogP) is 2.72. The fraction of sp³-hybridized carbons (Fsp3) is 0.167. The number of ketones is 2. The Hall–Kier alpha value is -2.10. The smallest absolute Gasteiger partial charge is 0.166 e. The number of Topliss-reactive ketones (excluding diaryl/α,β-unsaturated/α-hetero) is 2. The third kappa shape index (κ3) is 2.28. The molecule has 2 aromatic rings. The van der Waals surface area contributed by atoms with Crippen molar-refractivity contribution >= 4 is 11.6 Å². The Labute approximate surface area is 91.9 Å². The fourth-order valence-electron chi connectivity index (χ4n) is 1.36. The first-order valence-corrected chi connectivity index (χ1v) is 4.88. The van der Waals surface area contributed by atoms with Gasteiger partial charge in [0.25, 0.3) is 0 Å². The van der Waals surface area contributed by atoms with Gasteiger partial charge < -0.3 is 8.83 Å². The summed E-state index contributed by atoms with van der Waals surface area (Å²) >= 11 is 0. The largest absolute Gasteiger partial charge is 0.472 e. The fourth-order valence-corrected chi connectivity index (χ4v) is 1.36. The van der Waals surface area contributed by atoms with Gasteiger partial charge in [-0.2, -0.15) is 0 Å². The number of hydrogen-bond acceptors (Lipinski definition) is 4. The molecule has 2 aromatic heterocycles. The zero-order chi connectivity index (χ0) is 11.4. The summed E-state index contributed by atoms with van der Waals surface area (Å²) < 4.78 is 9.59. The Morgan fingerprint density at radius 3 is 1.62 bits per heavy atom. The molecule has 16 heavy (non-hydrogen) atoms. The van der Waals surface area contributed by atoms with Crippen molar-refractivity contribution in [3.05, 3.63) is 48.3 Å². The highest BCUT2D eigenvalue weighted by atomic mass is 16.3. The van der Waals surface area contributed by atoms with E-state index >= 15 is 0 Å². The maximum atomic E-state index is 11.5. The van der Waals surface area contributed by atoms with E-state index in [2.05, 4.69) is 0 Å². The third-order valence-corrected chi connectivity index (χ3v) is 2.27. The van der Waals surface area contributed by atoms with Crippen LogP contribution in [0.2, 0.25) is 0 Å². The summed E-state index contributed by atoms with van der Waals surface area (Å²) in [7, 11) is 0. The van der Waals surface area contributed by atoms with Crippen LogP contribution in [0, 0.1) is 0 Å². The summed E-state index contributed by atoms with van der Waals surface area (Å²) in [6.07, 6.45) is 6.00. The summed E-state index contributed by atoms with van der Waals surface area (Å²) in [5.41, 5.74) is 1.000. The maximum absolute atomic E-state index is 11.5. The highest BCUT2D eigenvalue weighted by molar-refractivity contribution is 6.01. The lowest BCUT2D eigenvalue weighted by Crippen LogP contribution is -2.03. The Balaban J connectivity index is 1.89. The first-order chi connectivity index (χ1) is 7.77. The molecule has 2 rings (SSSR count). The van der Waals surface area contributed by atoms with Gasteiger partial charge in [0.2, 0.25) is 0 Å². The second kappa shape index (κ2) is 4.61. The highest BCUT2D eigenvalue weighted by Gasteiger charge is 2.12. The molecular formula is C12H10O4. The number of rotatable bonds is 5. The van der Waals surface area contributed by atoms with Gasteiger partial charge in [-0.3, -0.25) is 9.59 Å². The van der Waals surface area contributed by atoms with E-state index < -0.39 is 0 Å². The normalized spacial score (nSPS) is 10.2. The quantitative estimate of drug-likeness (QED) is 0.724. The van der Waals surface area contributed by atoms with Crippen LogP contribution in [-0.2, 0) is 0 Å². The zero-order valence-corrected chi connectivity index (χ0v) is 8.51. The molecule has 2 heterocycles. The summed E-state index contributed by atoms with van der Waals surface area (Å²) in [4.78, 5) is 23.1. The van der Waals surface area contributed by atoms with Crippen molar-refractivity contribution in [2.45, 2.75) is 12.8 Å². The monoisotopic (exact) mass is 218 g/mol. The summed E-state index contributed by atoms with van der Waals surface area (Å²) in [6, 6.07) is 3.18. The lowest BCUT2D eigenvalue weighted by molar-refractivity contribution is 0.0916. The van der Waals surface area contributed by atoms with Crippen LogP contribution in [0.15, 0.2) is 46.0 Å². The molecule has 0 radical (unpaired) electrons. The van der Waals surface area contributed by atoms with Gasteiger partial charge in [0.05, 0.1) is 23.7 Å². The van der Waals surface area contributed by atoms with E-state index in [1.807, 2.05) is 0 Å². The molecular weight excluding hydrogens is 208 g/mol. The molecule has 0 unspecified atom stereocenters. The molecule has 0 atom stereocenters. The maximum Gasteiger partial charge on any atom is 0.166 e. The minimum atomic E-state index is -0.0920. The molecule has 0 aliphatic heterocycles. The SMILES string of the molecule is O=C(CCC(=O)c1ccoc1)c1ccoc1. The van der Waals surface area contributed by atoms with E-state index in [1.165, 1.54) is 25.1 Å². The Morgan fingerprint density at radius 2 is 1.31 bits per heavy atom. The van der Waals surface area contributed by atoms with Crippen molar-refractivity contribution in [2.75, 3.05) is 0 Å². The van der Waals surface area contributed by atoms with Crippen LogP contribution in [0.5, 0.6) is 0 Å². The first kappa shape index (κ1) is 10.4. The van der Waals surface area contributed by atoms with Gasteiger partial charge in [-0.05, 0) is 12.1 Å². The molecule has 0 aliphatic carbocycles. The number of hydrogen-bond donors (Lipinski definition) is 0. The standard InChI is InChI=1S/C12H10O4/c13-11(9-3-5-15-7-9)1-2-12(14)10-4-6-16-8-10/h3-8H,1-2H2. The average Bonchev–Trinajstić information content (AvgIpc) is 2.95. The van der Waals surface area contributed by atoms with Gasteiger partial charge in [-0.1, -0.05) is 0 Å². The van der Waals surface area contributed by atoms with Crippen molar-refractivity contribution in [1.82, 2.24) is 0 Å². The minimum absolute atomic E-state index is 0.0920. The van der Waals surface area contributed by atoms with Crippen LogP contribution in [0.25, 0.3) is 0 Å². The third-order valence-electron chi connectivity index (χ3n) is 2.27. The lowest BCUT2D eigenvalue weighted by Gasteiger charge is -1.96. The Kier molecular flexibility index (Phi) is 3.00. The van der Waals surface area contributed by atoms with Crippen LogP contribution in [0.3, 0.4) is 0 Å². The molecule has 0 N–H and O–H groups in total. The van der Waals surface area contributed by atoms with E-state index in [0.717, 1.165) is 0 Å². The van der Waals surface area contributed by atoms with Gasteiger partial charge in [-0.25, -0.2) is 0 Å². The van der Waals surface area contributed by atoms with E-state index in [-0.39, 0.29) is 24.4 Å². The van der Waals surface area contributed by atoms with Crippen molar-refractivity contribution < 1.29 is 18.4 Å².